The van der Waals surface area contributed by atoms with Gasteiger partial charge in [0, 0.05) is 32.0 Å². The Bertz CT molecular complexity index is 1010. The number of nitrogens with one attached hydrogen (secondary N) is 3. The van der Waals surface area contributed by atoms with Crippen LogP contribution >= 0.6 is 0 Å². The second-order valence-electron chi connectivity index (χ2n) is 6.69. The van der Waals surface area contributed by atoms with Gasteiger partial charge < -0.3 is 15.4 Å². The summed E-state index contributed by atoms with van der Waals surface area (Å²) in [6, 6.07) is 13.9. The normalized spacial score (nSPS) is 11.9. The van der Waals surface area contributed by atoms with Crippen LogP contribution < -0.4 is 15.4 Å². The maximum atomic E-state index is 12.4. The minimum atomic E-state index is -3.83. The molecule has 2 aromatic rings. The van der Waals surface area contributed by atoms with Crippen molar-refractivity contribution in [3.05, 3.63) is 60.2 Å². The van der Waals surface area contributed by atoms with Crippen molar-refractivity contribution < 1.29 is 27.5 Å². The van der Waals surface area contributed by atoms with Crippen LogP contribution in [-0.4, -0.2) is 45.9 Å². The van der Waals surface area contributed by atoms with Crippen LogP contribution in [-0.2, 0) is 35.6 Å². The number of ether oxygens (including phenoxy) is 1. The number of anilines is 1. The van der Waals surface area contributed by atoms with Gasteiger partial charge in [0.2, 0.25) is 21.8 Å². The fourth-order valence-corrected chi connectivity index (χ4v) is 3.79. The highest BCUT2D eigenvalue weighted by Gasteiger charge is 2.22. The molecule has 0 aromatic heterocycles. The zero-order valence-electron chi connectivity index (χ0n) is 17.3. The third-order valence-electron chi connectivity index (χ3n) is 4.23. The number of hydrogen-bond donors (Lipinski definition) is 3. The van der Waals surface area contributed by atoms with Gasteiger partial charge >= 0.3 is 5.97 Å². The Morgan fingerprint density at radius 1 is 1.00 bits per heavy atom. The van der Waals surface area contributed by atoms with Crippen LogP contribution in [0.3, 0.4) is 0 Å². The molecule has 0 saturated carbocycles. The Balaban J connectivity index is 1.90. The van der Waals surface area contributed by atoms with E-state index in [4.69, 9.17) is 4.74 Å². The van der Waals surface area contributed by atoms with Crippen molar-refractivity contribution in [3.63, 3.8) is 0 Å². The van der Waals surface area contributed by atoms with Crippen molar-refractivity contribution in [2.75, 3.05) is 19.0 Å². The topological polar surface area (TPSA) is 131 Å². The van der Waals surface area contributed by atoms with Gasteiger partial charge in [0.25, 0.3) is 0 Å². The molecular formula is C21H25N3O6S. The predicted octanol–water partition coefficient (Wildman–Crippen LogP) is 1.21. The number of carbonyl (C=O) groups is 3. The van der Waals surface area contributed by atoms with Crippen LogP contribution in [0.4, 0.5) is 5.69 Å². The number of sulfonamides is 1. The zero-order chi connectivity index (χ0) is 22.9. The fourth-order valence-electron chi connectivity index (χ4n) is 2.75. The van der Waals surface area contributed by atoms with Gasteiger partial charge in [0.15, 0.2) is 0 Å². The summed E-state index contributed by atoms with van der Waals surface area (Å²) in [7, 11) is -2.60. The number of methoxy groups -OCH3 is 1. The lowest BCUT2D eigenvalue weighted by atomic mass is 10.1. The average molecular weight is 448 g/mol. The van der Waals surface area contributed by atoms with Crippen LogP contribution in [0.1, 0.15) is 18.9 Å². The summed E-state index contributed by atoms with van der Waals surface area (Å²) < 4.78 is 31.8. The molecular weight excluding hydrogens is 422 g/mol. The molecule has 0 saturated heterocycles. The van der Waals surface area contributed by atoms with Crippen LogP contribution in [0.25, 0.3) is 0 Å². The van der Waals surface area contributed by atoms with E-state index in [-0.39, 0.29) is 30.2 Å². The van der Waals surface area contributed by atoms with E-state index in [9.17, 15) is 22.8 Å². The first-order valence-corrected chi connectivity index (χ1v) is 11.0. The Hall–Kier alpha value is -3.24. The first kappa shape index (κ1) is 24.0. The molecule has 166 valence electrons. The number of esters is 1. The molecule has 10 heteroatoms. The highest BCUT2D eigenvalue weighted by atomic mass is 32.2. The van der Waals surface area contributed by atoms with Crippen molar-refractivity contribution in [2.45, 2.75) is 30.7 Å². The summed E-state index contributed by atoms with van der Waals surface area (Å²) in [5, 5.41) is 5.13. The summed E-state index contributed by atoms with van der Waals surface area (Å²) >= 11 is 0. The lowest BCUT2D eigenvalue weighted by Crippen LogP contribution is -2.44. The number of amides is 2. The van der Waals surface area contributed by atoms with Gasteiger partial charge in [-0.3, -0.25) is 9.59 Å². The SMILES string of the molecule is COC(=O)C(Cc1ccccc1)NC(=O)CCNS(=O)(=O)c1ccc(NC(C)=O)cc1. The summed E-state index contributed by atoms with van der Waals surface area (Å²) in [6.45, 7) is 1.20. The van der Waals surface area contributed by atoms with E-state index in [0.717, 1.165) is 5.56 Å². The van der Waals surface area contributed by atoms with Gasteiger partial charge in [0.05, 0.1) is 12.0 Å². The maximum Gasteiger partial charge on any atom is 0.328 e. The van der Waals surface area contributed by atoms with Gasteiger partial charge in [-0.1, -0.05) is 30.3 Å². The van der Waals surface area contributed by atoms with E-state index in [1.165, 1.54) is 38.3 Å². The highest BCUT2D eigenvalue weighted by Crippen LogP contribution is 2.14. The molecule has 1 unspecified atom stereocenters. The highest BCUT2D eigenvalue weighted by molar-refractivity contribution is 7.89. The van der Waals surface area contributed by atoms with Crippen LogP contribution in [0.5, 0.6) is 0 Å². The third-order valence-corrected chi connectivity index (χ3v) is 5.71. The first-order chi connectivity index (χ1) is 14.7. The Kier molecular flexibility index (Phi) is 8.71. The summed E-state index contributed by atoms with van der Waals surface area (Å²) in [6.07, 6.45) is 0.0944. The average Bonchev–Trinajstić information content (AvgIpc) is 2.73. The lowest BCUT2D eigenvalue weighted by molar-refractivity contribution is -0.145. The van der Waals surface area contributed by atoms with Crippen molar-refractivity contribution in [1.82, 2.24) is 10.0 Å². The second-order valence-corrected chi connectivity index (χ2v) is 8.45. The molecule has 2 rings (SSSR count). The fraction of sp³-hybridized carbons (Fsp3) is 0.286. The Morgan fingerprint density at radius 3 is 2.23 bits per heavy atom. The van der Waals surface area contributed by atoms with Gasteiger partial charge in [0.1, 0.15) is 6.04 Å². The molecule has 0 aliphatic carbocycles. The summed E-state index contributed by atoms with van der Waals surface area (Å²) in [4.78, 5) is 35.3. The van der Waals surface area contributed by atoms with Gasteiger partial charge in [-0.05, 0) is 29.8 Å². The summed E-state index contributed by atoms with van der Waals surface area (Å²) in [5.74, 6) is -1.34. The molecule has 31 heavy (non-hydrogen) atoms. The van der Waals surface area contributed by atoms with Gasteiger partial charge in [-0.2, -0.15) is 0 Å². The minimum Gasteiger partial charge on any atom is -0.467 e. The molecule has 0 aliphatic rings. The molecule has 3 N–H and O–H groups in total. The maximum absolute atomic E-state index is 12.4. The van der Waals surface area contributed by atoms with E-state index in [1.54, 1.807) is 0 Å². The van der Waals surface area contributed by atoms with Crippen molar-refractivity contribution in [3.8, 4) is 0 Å². The molecule has 0 radical (unpaired) electrons. The quantitative estimate of drug-likeness (QED) is 0.470. The van der Waals surface area contributed by atoms with E-state index in [1.807, 2.05) is 30.3 Å². The van der Waals surface area contributed by atoms with Crippen LogP contribution in [0.15, 0.2) is 59.5 Å². The van der Waals surface area contributed by atoms with Crippen LogP contribution in [0, 0.1) is 0 Å². The zero-order valence-corrected chi connectivity index (χ0v) is 18.1. The first-order valence-electron chi connectivity index (χ1n) is 9.49. The predicted molar refractivity (Wildman–Crippen MR) is 115 cm³/mol. The third kappa shape index (κ3) is 7.83. The van der Waals surface area contributed by atoms with Gasteiger partial charge in [-0.15, -0.1) is 0 Å². The molecule has 2 amide bonds. The molecule has 1 atom stereocenters. The molecule has 0 spiro atoms. The largest absolute Gasteiger partial charge is 0.467 e. The minimum absolute atomic E-state index is 0.00137. The monoisotopic (exact) mass is 447 g/mol. The van der Waals surface area contributed by atoms with E-state index in [2.05, 4.69) is 15.4 Å². The number of rotatable bonds is 10. The van der Waals surface area contributed by atoms with E-state index < -0.39 is 27.9 Å². The summed E-state index contributed by atoms with van der Waals surface area (Å²) in [5.41, 5.74) is 1.32. The molecule has 0 aliphatic heterocycles. The van der Waals surface area contributed by atoms with Crippen molar-refractivity contribution in [1.29, 1.82) is 0 Å². The van der Waals surface area contributed by atoms with Gasteiger partial charge in [-0.25, -0.2) is 17.9 Å². The Morgan fingerprint density at radius 2 is 1.65 bits per heavy atom. The molecule has 9 nitrogen and oxygen atoms in total. The Labute approximate surface area is 181 Å². The van der Waals surface area contributed by atoms with E-state index >= 15 is 0 Å². The number of carbonyl (C=O) groups excluding carboxylic acids is 3. The number of benzene rings is 2. The second kappa shape index (κ2) is 11.2. The smallest absolute Gasteiger partial charge is 0.328 e. The number of hydrogen-bond acceptors (Lipinski definition) is 6. The molecule has 2 aromatic carbocycles. The lowest BCUT2D eigenvalue weighted by Gasteiger charge is -2.17. The molecule has 0 fully saturated rings. The van der Waals surface area contributed by atoms with Crippen molar-refractivity contribution >= 4 is 33.5 Å². The van der Waals surface area contributed by atoms with Crippen LogP contribution in [0.2, 0.25) is 0 Å². The van der Waals surface area contributed by atoms with E-state index in [0.29, 0.717) is 5.69 Å². The standard InChI is InChI=1S/C21H25N3O6S/c1-15(25)23-17-8-10-18(11-9-17)31(28,29)22-13-12-20(26)24-19(21(27)30-2)14-16-6-4-3-5-7-16/h3-11,19,22H,12-14H2,1-2H3,(H,23,25)(H,24,26). The van der Waals surface area contributed by atoms with Crippen molar-refractivity contribution in [2.24, 2.45) is 0 Å². The molecule has 0 bridgehead atoms. The molecule has 0 heterocycles.